The lowest BCUT2D eigenvalue weighted by molar-refractivity contribution is 0.103. The lowest BCUT2D eigenvalue weighted by atomic mass is 10.1. The van der Waals surface area contributed by atoms with Gasteiger partial charge in [-0.25, -0.2) is 8.42 Å². The molecular weight excluding hydrogens is 464 g/mol. The average Bonchev–Trinajstić information content (AvgIpc) is 3.20. The van der Waals surface area contributed by atoms with Crippen LogP contribution in [0.4, 0.5) is 11.4 Å². The van der Waals surface area contributed by atoms with Crippen molar-refractivity contribution >= 4 is 60.3 Å². The molecule has 0 atom stereocenters. The Kier molecular flexibility index (Phi) is 5.99. The molecule has 1 amide bonds. The van der Waals surface area contributed by atoms with E-state index >= 15 is 0 Å². The summed E-state index contributed by atoms with van der Waals surface area (Å²) in [5, 5.41) is 4.24. The average molecular weight is 485 g/mol. The second kappa shape index (κ2) is 8.58. The Labute approximate surface area is 196 Å². The van der Waals surface area contributed by atoms with Gasteiger partial charge in [0.05, 0.1) is 15.5 Å². The van der Waals surface area contributed by atoms with Crippen molar-refractivity contribution in [2.75, 3.05) is 16.7 Å². The monoisotopic (exact) mass is 484 g/mol. The van der Waals surface area contributed by atoms with Gasteiger partial charge in [-0.2, -0.15) is 0 Å². The molecule has 32 heavy (non-hydrogen) atoms. The summed E-state index contributed by atoms with van der Waals surface area (Å²) in [4.78, 5) is 13.5. The summed E-state index contributed by atoms with van der Waals surface area (Å²) < 4.78 is 28.1. The molecule has 0 fully saturated rings. The number of carbonyl (C=O) groups is 1. The summed E-state index contributed by atoms with van der Waals surface area (Å²) in [5.41, 5.74) is 3.42. The van der Waals surface area contributed by atoms with Crippen LogP contribution in [0.2, 0.25) is 5.02 Å². The van der Waals surface area contributed by atoms with E-state index in [1.807, 2.05) is 38.1 Å². The smallest absolute Gasteiger partial charge is 0.265 e. The standard InChI is InChI=1S/C24H21ClN2O3S2/c1-15-5-4-6-21(16(15)2)26-24(28)23-14-17-13-19(9-12-22(17)31-23)27(3)32(29,30)20-10-7-18(25)8-11-20/h4-14H,1-3H3,(H,26,28). The predicted molar refractivity (Wildman–Crippen MR) is 133 cm³/mol. The number of halogens is 1. The first-order valence-corrected chi connectivity index (χ1v) is 12.5. The van der Waals surface area contributed by atoms with Crippen LogP contribution in [0.25, 0.3) is 10.1 Å². The first kappa shape index (κ1) is 22.3. The fourth-order valence-electron chi connectivity index (χ4n) is 3.31. The van der Waals surface area contributed by atoms with Crippen LogP contribution >= 0.6 is 22.9 Å². The van der Waals surface area contributed by atoms with Gasteiger partial charge in [0, 0.05) is 22.5 Å². The van der Waals surface area contributed by atoms with Crippen LogP contribution < -0.4 is 9.62 Å². The Morgan fingerprint density at radius 3 is 2.44 bits per heavy atom. The van der Waals surface area contributed by atoms with Crippen molar-refractivity contribution in [1.29, 1.82) is 0 Å². The van der Waals surface area contributed by atoms with Gasteiger partial charge in [-0.15, -0.1) is 11.3 Å². The van der Waals surface area contributed by atoms with Crippen molar-refractivity contribution in [3.05, 3.63) is 87.8 Å². The molecule has 0 bridgehead atoms. The molecule has 0 spiro atoms. The molecule has 0 aliphatic carbocycles. The van der Waals surface area contributed by atoms with Crippen LogP contribution in [0.3, 0.4) is 0 Å². The van der Waals surface area contributed by atoms with Gasteiger partial charge in [0.15, 0.2) is 0 Å². The Morgan fingerprint density at radius 1 is 1.00 bits per heavy atom. The van der Waals surface area contributed by atoms with E-state index in [0.717, 1.165) is 26.9 Å². The second-order valence-corrected chi connectivity index (χ2v) is 11.0. The van der Waals surface area contributed by atoms with Crippen LogP contribution in [-0.2, 0) is 10.0 Å². The quantitative estimate of drug-likeness (QED) is 0.364. The van der Waals surface area contributed by atoms with E-state index in [9.17, 15) is 13.2 Å². The third-order valence-corrected chi connectivity index (χ3v) is 8.58. The molecule has 0 radical (unpaired) electrons. The summed E-state index contributed by atoms with van der Waals surface area (Å²) in [6, 6.07) is 19.0. The summed E-state index contributed by atoms with van der Waals surface area (Å²) in [5.74, 6) is -0.191. The maximum atomic E-state index is 13.0. The minimum Gasteiger partial charge on any atom is -0.321 e. The molecule has 1 aromatic heterocycles. The molecule has 8 heteroatoms. The van der Waals surface area contributed by atoms with Crippen LogP contribution in [-0.4, -0.2) is 21.4 Å². The molecule has 1 N–H and O–H groups in total. The van der Waals surface area contributed by atoms with Crippen molar-refractivity contribution < 1.29 is 13.2 Å². The molecule has 4 aromatic rings. The van der Waals surface area contributed by atoms with Crippen LogP contribution in [0, 0.1) is 13.8 Å². The lowest BCUT2D eigenvalue weighted by Gasteiger charge is -2.19. The zero-order valence-electron chi connectivity index (χ0n) is 17.7. The van der Waals surface area contributed by atoms with Crippen LogP contribution in [0.5, 0.6) is 0 Å². The largest absolute Gasteiger partial charge is 0.321 e. The highest BCUT2D eigenvalue weighted by molar-refractivity contribution is 7.92. The molecular formula is C24H21ClN2O3S2. The van der Waals surface area contributed by atoms with E-state index < -0.39 is 10.0 Å². The van der Waals surface area contributed by atoms with E-state index in [0.29, 0.717) is 15.6 Å². The number of hydrogen-bond acceptors (Lipinski definition) is 4. The number of hydrogen-bond donors (Lipinski definition) is 1. The lowest BCUT2D eigenvalue weighted by Crippen LogP contribution is -2.26. The third-order valence-electron chi connectivity index (χ3n) is 5.41. The Morgan fingerprint density at radius 2 is 1.72 bits per heavy atom. The number of aryl methyl sites for hydroxylation is 1. The Bertz CT molecular complexity index is 1430. The molecule has 0 saturated carbocycles. The van der Waals surface area contributed by atoms with Crippen molar-refractivity contribution in [1.82, 2.24) is 0 Å². The van der Waals surface area contributed by atoms with Gasteiger partial charge in [0.1, 0.15) is 0 Å². The maximum absolute atomic E-state index is 13.0. The minimum absolute atomic E-state index is 0.156. The minimum atomic E-state index is -3.74. The molecule has 3 aromatic carbocycles. The number of rotatable bonds is 5. The molecule has 5 nitrogen and oxygen atoms in total. The molecule has 0 unspecified atom stereocenters. The number of nitrogens with zero attached hydrogens (tertiary/aromatic N) is 1. The first-order valence-electron chi connectivity index (χ1n) is 9.82. The Balaban J connectivity index is 1.62. The number of amides is 1. The molecule has 0 aliphatic heterocycles. The van der Waals surface area contributed by atoms with E-state index in [4.69, 9.17) is 11.6 Å². The van der Waals surface area contributed by atoms with Gasteiger partial charge in [0.2, 0.25) is 0 Å². The highest BCUT2D eigenvalue weighted by Crippen LogP contribution is 2.32. The fraction of sp³-hybridized carbons (Fsp3) is 0.125. The summed E-state index contributed by atoms with van der Waals surface area (Å²) >= 11 is 7.24. The van der Waals surface area contributed by atoms with Gasteiger partial charge in [-0.3, -0.25) is 9.10 Å². The zero-order valence-corrected chi connectivity index (χ0v) is 20.1. The predicted octanol–water partition coefficient (Wildman–Crippen LogP) is 6.25. The first-order chi connectivity index (χ1) is 15.2. The summed E-state index contributed by atoms with van der Waals surface area (Å²) in [6.45, 7) is 3.97. The maximum Gasteiger partial charge on any atom is 0.265 e. The van der Waals surface area contributed by atoms with Crippen LogP contribution in [0.1, 0.15) is 20.8 Å². The number of sulfonamides is 1. The van der Waals surface area contributed by atoms with Gasteiger partial charge in [-0.1, -0.05) is 23.7 Å². The van der Waals surface area contributed by atoms with E-state index in [1.54, 1.807) is 30.3 Å². The van der Waals surface area contributed by atoms with Crippen molar-refractivity contribution in [3.63, 3.8) is 0 Å². The van der Waals surface area contributed by atoms with Gasteiger partial charge >= 0.3 is 0 Å². The van der Waals surface area contributed by atoms with Gasteiger partial charge in [0.25, 0.3) is 15.9 Å². The highest BCUT2D eigenvalue weighted by Gasteiger charge is 2.22. The number of benzene rings is 3. The molecule has 0 aliphatic rings. The van der Waals surface area contributed by atoms with E-state index in [-0.39, 0.29) is 10.8 Å². The summed E-state index contributed by atoms with van der Waals surface area (Å²) in [6.07, 6.45) is 0. The van der Waals surface area contributed by atoms with Gasteiger partial charge in [-0.05, 0) is 85.0 Å². The molecule has 164 valence electrons. The van der Waals surface area contributed by atoms with E-state index in [1.165, 1.54) is 34.8 Å². The number of nitrogens with one attached hydrogen (secondary N) is 1. The second-order valence-electron chi connectivity index (χ2n) is 7.46. The normalized spacial score (nSPS) is 11.5. The number of thiophene rings is 1. The molecule has 1 heterocycles. The Hall–Kier alpha value is -2.87. The number of fused-ring (bicyclic) bond motifs is 1. The highest BCUT2D eigenvalue weighted by atomic mass is 35.5. The fourth-order valence-corrected chi connectivity index (χ4v) is 5.56. The summed E-state index contributed by atoms with van der Waals surface area (Å²) in [7, 11) is -2.23. The van der Waals surface area contributed by atoms with Crippen LogP contribution in [0.15, 0.2) is 71.6 Å². The van der Waals surface area contributed by atoms with Gasteiger partial charge < -0.3 is 5.32 Å². The number of carbonyl (C=O) groups excluding carboxylic acids is 1. The SMILES string of the molecule is Cc1cccc(NC(=O)c2cc3cc(N(C)S(=O)(=O)c4ccc(Cl)cc4)ccc3s2)c1C. The number of anilines is 2. The topological polar surface area (TPSA) is 66.5 Å². The van der Waals surface area contributed by atoms with Crippen molar-refractivity contribution in [3.8, 4) is 0 Å². The molecule has 4 rings (SSSR count). The van der Waals surface area contributed by atoms with Crippen molar-refractivity contribution in [2.24, 2.45) is 0 Å². The van der Waals surface area contributed by atoms with Crippen molar-refractivity contribution in [2.45, 2.75) is 18.7 Å². The zero-order chi connectivity index (χ0) is 23.0. The van der Waals surface area contributed by atoms with E-state index in [2.05, 4.69) is 5.32 Å². The third kappa shape index (κ3) is 4.24. The molecule has 0 saturated heterocycles.